The molecule has 1 saturated heterocycles. The molecule has 4 N–H and O–H groups in total. The number of piperidine rings is 1. The van der Waals surface area contributed by atoms with E-state index in [9.17, 15) is 9.59 Å². The van der Waals surface area contributed by atoms with Crippen LogP contribution >= 0.6 is 0 Å². The van der Waals surface area contributed by atoms with Crippen molar-refractivity contribution in [3.63, 3.8) is 0 Å². The van der Waals surface area contributed by atoms with Gasteiger partial charge in [0.1, 0.15) is 0 Å². The number of imidazole rings is 1. The summed E-state index contributed by atoms with van der Waals surface area (Å²) >= 11 is 0. The van der Waals surface area contributed by atoms with E-state index in [1.165, 1.54) is 6.33 Å². The van der Waals surface area contributed by atoms with E-state index in [0.717, 1.165) is 17.5 Å². The summed E-state index contributed by atoms with van der Waals surface area (Å²) in [6.07, 6.45) is 3.16. The summed E-state index contributed by atoms with van der Waals surface area (Å²) in [5.41, 5.74) is 5.58. The molecule has 0 aliphatic carbocycles. The number of hydrogen-bond acceptors (Lipinski definition) is 5. The minimum absolute atomic E-state index is 0.0116. The summed E-state index contributed by atoms with van der Waals surface area (Å²) in [4.78, 5) is 33.3. The van der Waals surface area contributed by atoms with E-state index in [0.29, 0.717) is 18.6 Å². The fourth-order valence-electron chi connectivity index (χ4n) is 2.33. The van der Waals surface area contributed by atoms with Crippen molar-refractivity contribution < 1.29 is 0 Å². The van der Waals surface area contributed by atoms with Gasteiger partial charge in [-0.05, 0) is 12.8 Å². The van der Waals surface area contributed by atoms with Gasteiger partial charge in [0.05, 0.1) is 6.33 Å². The predicted octanol–water partition coefficient (Wildman–Crippen LogP) is -1.53. The number of nitrogens with two attached hydrogens (primary N) is 1. The van der Waals surface area contributed by atoms with Crippen LogP contribution in [-0.2, 0) is 0 Å². The monoisotopic (exact) mass is 250 g/mol. The zero-order valence-corrected chi connectivity index (χ0v) is 9.72. The minimum Gasteiger partial charge on any atom is -0.339 e. The van der Waals surface area contributed by atoms with Crippen LogP contribution < -0.4 is 22.0 Å². The van der Waals surface area contributed by atoms with E-state index < -0.39 is 5.69 Å². The highest BCUT2D eigenvalue weighted by Crippen LogP contribution is 2.05. The number of nitrogens with zero attached hydrogens (tertiary/aromatic N) is 3. The Morgan fingerprint density at radius 2 is 2.28 bits per heavy atom. The molecule has 0 aromatic carbocycles. The number of fused-ring (bicyclic) bond motifs is 1. The second-order valence-corrected chi connectivity index (χ2v) is 4.49. The molecule has 96 valence electrons. The standard InChI is InChI=1S/C10H14N6O2/c11-6-2-1-3-15(4-6)16-9(17)7-8(13-5-12-7)14-10(16)18/h5-6H,1-4,11H2,(H,12,13)(H,14,18)/t6-/m1/s1. The Kier molecular flexibility index (Phi) is 2.44. The number of H-pyrrole nitrogens is 2. The lowest BCUT2D eigenvalue weighted by Crippen LogP contribution is -2.56. The normalized spacial score (nSPS) is 20.5. The van der Waals surface area contributed by atoms with Gasteiger partial charge in [-0.2, -0.15) is 4.68 Å². The summed E-state index contributed by atoms with van der Waals surface area (Å²) in [7, 11) is 0. The van der Waals surface area contributed by atoms with E-state index in [1.54, 1.807) is 5.01 Å². The van der Waals surface area contributed by atoms with Crippen LogP contribution in [0, 0.1) is 0 Å². The van der Waals surface area contributed by atoms with Gasteiger partial charge in [0.25, 0.3) is 0 Å². The molecular weight excluding hydrogens is 236 g/mol. The van der Waals surface area contributed by atoms with Crippen molar-refractivity contribution in [3.05, 3.63) is 27.2 Å². The molecule has 1 fully saturated rings. The lowest BCUT2D eigenvalue weighted by molar-refractivity contribution is 0.418. The van der Waals surface area contributed by atoms with Crippen LogP contribution in [0.25, 0.3) is 11.2 Å². The Bertz CT molecular complexity index is 683. The molecular formula is C10H14N6O2. The third-order valence-electron chi connectivity index (χ3n) is 3.18. The molecule has 3 rings (SSSR count). The largest absolute Gasteiger partial charge is 0.349 e. The zero-order chi connectivity index (χ0) is 12.7. The maximum absolute atomic E-state index is 12.2. The first-order valence-corrected chi connectivity index (χ1v) is 5.86. The smallest absolute Gasteiger partial charge is 0.339 e. The molecule has 0 amide bonds. The van der Waals surface area contributed by atoms with E-state index in [1.807, 2.05) is 0 Å². The Morgan fingerprint density at radius 1 is 1.44 bits per heavy atom. The van der Waals surface area contributed by atoms with Crippen molar-refractivity contribution in [2.45, 2.75) is 18.9 Å². The Morgan fingerprint density at radius 3 is 3.06 bits per heavy atom. The molecule has 1 atom stereocenters. The van der Waals surface area contributed by atoms with Crippen molar-refractivity contribution >= 4 is 11.2 Å². The summed E-state index contributed by atoms with van der Waals surface area (Å²) in [6, 6.07) is -0.0116. The molecule has 0 radical (unpaired) electrons. The van der Waals surface area contributed by atoms with Gasteiger partial charge in [-0.1, -0.05) is 0 Å². The van der Waals surface area contributed by atoms with E-state index in [4.69, 9.17) is 5.73 Å². The quantitative estimate of drug-likeness (QED) is 0.568. The van der Waals surface area contributed by atoms with Crippen LogP contribution in [-0.4, -0.2) is 38.8 Å². The second-order valence-electron chi connectivity index (χ2n) is 4.49. The Hall–Kier alpha value is -2.09. The van der Waals surface area contributed by atoms with Gasteiger partial charge >= 0.3 is 11.2 Å². The van der Waals surface area contributed by atoms with E-state index in [-0.39, 0.29) is 17.2 Å². The maximum atomic E-state index is 12.2. The highest BCUT2D eigenvalue weighted by atomic mass is 16.2. The molecule has 2 aromatic rings. The van der Waals surface area contributed by atoms with Crippen LogP contribution in [0.15, 0.2) is 15.9 Å². The fourth-order valence-corrected chi connectivity index (χ4v) is 2.33. The van der Waals surface area contributed by atoms with Crippen LogP contribution in [0.4, 0.5) is 0 Å². The number of hydrogen-bond donors (Lipinski definition) is 3. The molecule has 0 saturated carbocycles. The summed E-state index contributed by atoms with van der Waals surface area (Å²) in [6.45, 7) is 1.15. The van der Waals surface area contributed by atoms with Crippen LogP contribution in [0.3, 0.4) is 0 Å². The van der Waals surface area contributed by atoms with E-state index >= 15 is 0 Å². The number of aromatic amines is 2. The molecule has 1 aliphatic heterocycles. The lowest BCUT2D eigenvalue weighted by Gasteiger charge is -2.32. The van der Waals surface area contributed by atoms with Gasteiger partial charge in [-0.15, -0.1) is 0 Å². The molecule has 0 bridgehead atoms. The van der Waals surface area contributed by atoms with Crippen LogP contribution in [0.5, 0.6) is 0 Å². The van der Waals surface area contributed by atoms with Crippen molar-refractivity contribution in [1.82, 2.24) is 19.6 Å². The molecule has 0 spiro atoms. The fraction of sp³-hybridized carbons (Fsp3) is 0.500. The minimum atomic E-state index is -0.478. The molecule has 3 heterocycles. The molecule has 1 aliphatic rings. The average molecular weight is 250 g/mol. The maximum Gasteiger partial charge on any atom is 0.349 e. The molecule has 18 heavy (non-hydrogen) atoms. The van der Waals surface area contributed by atoms with Crippen molar-refractivity contribution in [1.29, 1.82) is 0 Å². The van der Waals surface area contributed by atoms with Crippen molar-refractivity contribution in [3.8, 4) is 0 Å². The topological polar surface area (TPSA) is 113 Å². The number of nitrogens with one attached hydrogen (secondary N) is 2. The van der Waals surface area contributed by atoms with Crippen LogP contribution in [0.1, 0.15) is 12.8 Å². The van der Waals surface area contributed by atoms with E-state index in [2.05, 4.69) is 15.0 Å². The second kappa shape index (κ2) is 3.98. The molecule has 0 unspecified atom stereocenters. The summed E-state index contributed by atoms with van der Waals surface area (Å²) in [5.74, 6) is 0. The third-order valence-corrected chi connectivity index (χ3v) is 3.18. The summed E-state index contributed by atoms with van der Waals surface area (Å²) < 4.78 is 1.11. The first-order valence-electron chi connectivity index (χ1n) is 5.86. The van der Waals surface area contributed by atoms with Gasteiger partial charge < -0.3 is 15.7 Å². The first-order chi connectivity index (χ1) is 8.66. The van der Waals surface area contributed by atoms with Gasteiger partial charge in [-0.3, -0.25) is 9.78 Å². The summed E-state index contributed by atoms with van der Waals surface area (Å²) in [5, 5.41) is 1.69. The molecule has 8 nitrogen and oxygen atoms in total. The predicted molar refractivity (Wildman–Crippen MR) is 66.1 cm³/mol. The SMILES string of the molecule is N[C@@H]1CCCN(n2c(=O)[nH]c3nc[nH]c3c2=O)C1. The van der Waals surface area contributed by atoms with Crippen LogP contribution in [0.2, 0.25) is 0 Å². The van der Waals surface area contributed by atoms with Gasteiger partial charge in [-0.25, -0.2) is 9.78 Å². The average Bonchev–Trinajstić information content (AvgIpc) is 2.77. The molecule has 2 aromatic heterocycles. The molecule has 8 heteroatoms. The van der Waals surface area contributed by atoms with Crippen molar-refractivity contribution in [2.75, 3.05) is 18.1 Å². The van der Waals surface area contributed by atoms with Gasteiger partial charge in [0, 0.05) is 19.1 Å². The Balaban J connectivity index is 2.16. The highest BCUT2D eigenvalue weighted by molar-refractivity contribution is 5.67. The Labute approximate surface area is 101 Å². The van der Waals surface area contributed by atoms with Gasteiger partial charge in [0.15, 0.2) is 11.2 Å². The first kappa shape index (κ1) is 11.0. The third kappa shape index (κ3) is 1.61. The highest BCUT2D eigenvalue weighted by Gasteiger charge is 2.21. The van der Waals surface area contributed by atoms with Gasteiger partial charge in [0.2, 0.25) is 0 Å². The van der Waals surface area contributed by atoms with Crippen molar-refractivity contribution in [2.24, 2.45) is 5.73 Å². The zero-order valence-electron chi connectivity index (χ0n) is 9.72. The lowest BCUT2D eigenvalue weighted by atomic mass is 10.1. The number of rotatable bonds is 1. The number of aromatic nitrogens is 4.